The fraction of sp³-hybridized carbons (Fsp3) is 0.316. The lowest BCUT2D eigenvalue weighted by molar-refractivity contribution is -0.137. The Kier molecular flexibility index (Phi) is 6.32. The van der Waals surface area contributed by atoms with Gasteiger partial charge in [0, 0.05) is 26.2 Å². The van der Waals surface area contributed by atoms with Gasteiger partial charge < -0.3 is 9.64 Å². The summed E-state index contributed by atoms with van der Waals surface area (Å²) in [6.07, 6.45) is -4.56. The molecular weight excluding hydrogens is 428 g/mol. The van der Waals surface area contributed by atoms with E-state index in [0.717, 1.165) is 16.4 Å². The smallest absolute Gasteiger partial charge is 0.416 e. The average molecular weight is 446 g/mol. The summed E-state index contributed by atoms with van der Waals surface area (Å²) in [5.74, 6) is -1.09. The van der Waals surface area contributed by atoms with Gasteiger partial charge in [-0.1, -0.05) is 12.1 Å². The number of ether oxygens (including phenoxy) is 1. The summed E-state index contributed by atoms with van der Waals surface area (Å²) in [5, 5.41) is 0. The molecule has 0 bridgehead atoms. The zero-order valence-electron chi connectivity index (χ0n) is 15.6. The van der Waals surface area contributed by atoms with Crippen molar-refractivity contribution in [3.8, 4) is 5.75 Å². The molecule has 0 saturated carbocycles. The third kappa shape index (κ3) is 4.90. The Morgan fingerprint density at radius 2 is 1.57 bits per heavy atom. The minimum atomic E-state index is -4.56. The number of benzene rings is 2. The molecular formula is C19H18F4N2O4S. The van der Waals surface area contributed by atoms with Crippen molar-refractivity contribution in [1.82, 2.24) is 9.21 Å². The van der Waals surface area contributed by atoms with Crippen LogP contribution in [0.25, 0.3) is 0 Å². The summed E-state index contributed by atoms with van der Waals surface area (Å²) in [6.45, 7) is -0.269. The van der Waals surface area contributed by atoms with E-state index in [4.69, 9.17) is 4.74 Å². The molecule has 1 heterocycles. The summed E-state index contributed by atoms with van der Waals surface area (Å²) < 4.78 is 83.1. The van der Waals surface area contributed by atoms with Crippen LogP contribution in [0.3, 0.4) is 0 Å². The lowest BCUT2D eigenvalue weighted by Crippen LogP contribution is -2.51. The van der Waals surface area contributed by atoms with Crippen molar-refractivity contribution in [2.24, 2.45) is 0 Å². The van der Waals surface area contributed by atoms with Gasteiger partial charge in [0.1, 0.15) is 0 Å². The van der Waals surface area contributed by atoms with E-state index in [1.807, 2.05) is 0 Å². The van der Waals surface area contributed by atoms with E-state index < -0.39 is 40.1 Å². The van der Waals surface area contributed by atoms with Crippen molar-refractivity contribution in [2.75, 3.05) is 32.8 Å². The number of halogens is 4. The van der Waals surface area contributed by atoms with Crippen molar-refractivity contribution in [3.05, 3.63) is 59.9 Å². The van der Waals surface area contributed by atoms with Gasteiger partial charge in [-0.15, -0.1) is 0 Å². The quantitative estimate of drug-likeness (QED) is 0.663. The highest BCUT2D eigenvalue weighted by atomic mass is 32.2. The number of alkyl halides is 3. The van der Waals surface area contributed by atoms with Gasteiger partial charge in [-0.2, -0.15) is 17.5 Å². The molecule has 3 rings (SSSR count). The van der Waals surface area contributed by atoms with Gasteiger partial charge in [0.25, 0.3) is 5.91 Å². The zero-order chi connectivity index (χ0) is 21.9. The number of nitrogens with zero attached hydrogens (tertiary/aromatic N) is 2. The van der Waals surface area contributed by atoms with Crippen molar-refractivity contribution in [2.45, 2.75) is 11.1 Å². The molecule has 1 amide bonds. The summed E-state index contributed by atoms with van der Waals surface area (Å²) in [6, 6.07) is 8.89. The van der Waals surface area contributed by atoms with E-state index in [1.54, 1.807) is 6.07 Å². The predicted molar refractivity (Wildman–Crippen MR) is 98.7 cm³/mol. The first-order valence-electron chi connectivity index (χ1n) is 8.91. The molecule has 0 N–H and O–H groups in total. The van der Waals surface area contributed by atoms with Crippen LogP contribution in [-0.4, -0.2) is 56.3 Å². The monoisotopic (exact) mass is 446 g/mol. The minimum Gasteiger partial charge on any atom is -0.481 e. The van der Waals surface area contributed by atoms with Gasteiger partial charge in [-0.25, -0.2) is 12.8 Å². The Bertz CT molecular complexity index is 1000. The number of carbonyl (C=O) groups excluding carboxylic acids is 1. The Labute approximate surface area is 170 Å². The molecule has 30 heavy (non-hydrogen) atoms. The fourth-order valence-corrected chi connectivity index (χ4v) is 4.36. The van der Waals surface area contributed by atoms with Crippen LogP contribution in [0.2, 0.25) is 0 Å². The number of sulfonamides is 1. The van der Waals surface area contributed by atoms with Gasteiger partial charge in [0.2, 0.25) is 10.0 Å². The predicted octanol–water partition coefficient (Wildman–Crippen LogP) is 2.76. The normalized spacial score (nSPS) is 15.8. The van der Waals surface area contributed by atoms with Crippen LogP contribution in [0.1, 0.15) is 5.56 Å². The maximum absolute atomic E-state index is 13.5. The van der Waals surface area contributed by atoms with Gasteiger partial charge in [0.15, 0.2) is 18.2 Å². The second kappa shape index (κ2) is 8.60. The summed E-state index contributed by atoms with van der Waals surface area (Å²) >= 11 is 0. The number of amides is 1. The van der Waals surface area contributed by atoms with E-state index >= 15 is 0 Å². The molecule has 1 aliphatic heterocycles. The maximum atomic E-state index is 13.5. The molecule has 0 radical (unpaired) electrons. The van der Waals surface area contributed by atoms with Gasteiger partial charge >= 0.3 is 6.18 Å². The molecule has 6 nitrogen and oxygen atoms in total. The highest BCUT2D eigenvalue weighted by molar-refractivity contribution is 7.89. The highest BCUT2D eigenvalue weighted by Gasteiger charge is 2.33. The summed E-state index contributed by atoms with van der Waals surface area (Å²) in [4.78, 5) is 13.4. The lowest BCUT2D eigenvalue weighted by atomic mass is 10.2. The van der Waals surface area contributed by atoms with Crippen LogP contribution >= 0.6 is 0 Å². The molecule has 0 atom stereocenters. The van der Waals surface area contributed by atoms with Crippen LogP contribution in [0, 0.1) is 5.82 Å². The molecule has 0 spiro atoms. The third-order valence-electron chi connectivity index (χ3n) is 4.60. The second-order valence-electron chi connectivity index (χ2n) is 6.53. The Morgan fingerprint density at radius 1 is 0.967 bits per heavy atom. The SMILES string of the molecule is O=C(COc1ccccc1F)N1CCN(S(=O)(=O)c2ccc(C(F)(F)F)cc2)CC1. The first-order valence-corrected chi connectivity index (χ1v) is 10.4. The Hall–Kier alpha value is -2.66. The first-order chi connectivity index (χ1) is 14.1. The first kappa shape index (κ1) is 22.0. The van der Waals surface area contributed by atoms with Crippen molar-refractivity contribution < 1.29 is 35.5 Å². The van der Waals surface area contributed by atoms with E-state index in [1.165, 1.54) is 23.1 Å². The molecule has 2 aromatic rings. The molecule has 1 fully saturated rings. The zero-order valence-corrected chi connectivity index (χ0v) is 16.4. The van der Waals surface area contributed by atoms with E-state index in [0.29, 0.717) is 12.1 Å². The van der Waals surface area contributed by atoms with Gasteiger partial charge in [-0.05, 0) is 36.4 Å². The standard InChI is InChI=1S/C19H18F4N2O4S/c20-16-3-1-2-4-17(16)29-13-18(26)24-9-11-25(12-10-24)30(27,28)15-7-5-14(6-8-15)19(21,22)23/h1-8H,9-13H2. The number of rotatable bonds is 5. The molecule has 11 heteroatoms. The molecule has 1 aliphatic rings. The average Bonchev–Trinajstić information content (AvgIpc) is 2.72. The van der Waals surface area contributed by atoms with E-state index in [9.17, 15) is 30.8 Å². The lowest BCUT2D eigenvalue weighted by Gasteiger charge is -2.34. The maximum Gasteiger partial charge on any atom is 0.416 e. The number of hydrogen-bond donors (Lipinski definition) is 0. The molecule has 2 aromatic carbocycles. The fourth-order valence-electron chi connectivity index (χ4n) is 2.94. The van der Waals surface area contributed by atoms with Crippen LogP contribution in [0.4, 0.5) is 17.6 Å². The van der Waals surface area contributed by atoms with Crippen LogP contribution in [0.5, 0.6) is 5.75 Å². The molecule has 0 aromatic heterocycles. The van der Waals surface area contributed by atoms with Crippen molar-refractivity contribution >= 4 is 15.9 Å². The molecule has 0 unspecified atom stereocenters. The van der Waals surface area contributed by atoms with Crippen LogP contribution in [0.15, 0.2) is 53.4 Å². The van der Waals surface area contributed by atoms with E-state index in [2.05, 4.69) is 0 Å². The number of piperazine rings is 1. The largest absolute Gasteiger partial charge is 0.481 e. The second-order valence-corrected chi connectivity index (χ2v) is 8.46. The molecule has 162 valence electrons. The van der Waals surface area contributed by atoms with E-state index in [-0.39, 0.29) is 36.8 Å². The third-order valence-corrected chi connectivity index (χ3v) is 6.51. The molecule has 0 aliphatic carbocycles. The van der Waals surface area contributed by atoms with Crippen molar-refractivity contribution in [3.63, 3.8) is 0 Å². The van der Waals surface area contributed by atoms with Gasteiger partial charge in [0.05, 0.1) is 10.5 Å². The Balaban J connectivity index is 1.57. The van der Waals surface area contributed by atoms with Gasteiger partial charge in [-0.3, -0.25) is 4.79 Å². The molecule has 1 saturated heterocycles. The Morgan fingerprint density at radius 3 is 2.13 bits per heavy atom. The van der Waals surface area contributed by atoms with Crippen LogP contribution in [-0.2, 0) is 21.0 Å². The topological polar surface area (TPSA) is 66.9 Å². The van der Waals surface area contributed by atoms with Crippen molar-refractivity contribution in [1.29, 1.82) is 0 Å². The van der Waals surface area contributed by atoms with Crippen LogP contribution < -0.4 is 4.74 Å². The number of hydrogen-bond acceptors (Lipinski definition) is 4. The number of carbonyl (C=O) groups is 1. The highest BCUT2D eigenvalue weighted by Crippen LogP contribution is 2.30. The summed E-state index contributed by atoms with van der Waals surface area (Å²) in [5.41, 5.74) is -0.938. The minimum absolute atomic E-state index is 0.0191. The number of para-hydroxylation sites is 1. The summed E-state index contributed by atoms with van der Waals surface area (Å²) in [7, 11) is -3.99.